The third-order valence-electron chi connectivity index (χ3n) is 3.54. The summed E-state index contributed by atoms with van der Waals surface area (Å²) in [5.74, 6) is 1.33. The van der Waals surface area contributed by atoms with Crippen molar-refractivity contribution >= 4 is 23.1 Å². The average Bonchev–Trinajstić information content (AvgIpc) is 2.28. The van der Waals surface area contributed by atoms with Gasteiger partial charge in [0.15, 0.2) is 5.82 Å². The minimum absolute atomic E-state index is 0.252. The molecule has 1 heterocycles. The highest BCUT2D eigenvalue weighted by Gasteiger charge is 2.22. The van der Waals surface area contributed by atoms with Crippen LogP contribution in [0.1, 0.15) is 38.3 Å². The monoisotopic (exact) mass is 254 g/mol. The summed E-state index contributed by atoms with van der Waals surface area (Å²) in [5, 5.41) is 3.67. The Balaban J connectivity index is 2.17. The summed E-state index contributed by atoms with van der Waals surface area (Å²) in [4.78, 5) is 8.22. The maximum absolute atomic E-state index is 5.97. The summed E-state index contributed by atoms with van der Waals surface area (Å²) in [6, 6.07) is 0.441. The maximum Gasteiger partial charge on any atom is 0.224 e. The van der Waals surface area contributed by atoms with Gasteiger partial charge in [0.1, 0.15) is 0 Å². The van der Waals surface area contributed by atoms with Crippen LogP contribution in [0.5, 0.6) is 0 Å². The lowest BCUT2D eigenvalue weighted by molar-refractivity contribution is 0.349. The zero-order chi connectivity index (χ0) is 12.4. The number of nitrogens with two attached hydrogens (primary N) is 1. The Labute approximate surface area is 107 Å². The van der Waals surface area contributed by atoms with Gasteiger partial charge >= 0.3 is 0 Å². The standard InChI is InChI=1S/C12H19ClN4/c1-7-5-3-4-6-9(7)16-11-10(14)8(2)15-12(13)17-11/h7,9H,3-6,14H2,1-2H3,(H,15,16,17). The molecule has 2 unspecified atom stereocenters. The van der Waals surface area contributed by atoms with Crippen LogP contribution in [0.2, 0.25) is 5.28 Å². The molecule has 0 radical (unpaired) electrons. The summed E-state index contributed by atoms with van der Waals surface area (Å²) in [7, 11) is 0. The van der Waals surface area contributed by atoms with Crippen LogP contribution in [0.15, 0.2) is 0 Å². The number of hydrogen-bond acceptors (Lipinski definition) is 4. The van der Waals surface area contributed by atoms with Crippen molar-refractivity contribution in [2.45, 2.75) is 45.6 Å². The van der Waals surface area contributed by atoms with Crippen molar-refractivity contribution in [1.82, 2.24) is 9.97 Å². The molecule has 0 spiro atoms. The van der Waals surface area contributed by atoms with Gasteiger partial charge in [0.05, 0.1) is 11.4 Å². The molecule has 0 amide bonds. The van der Waals surface area contributed by atoms with E-state index in [-0.39, 0.29) is 5.28 Å². The molecule has 4 nitrogen and oxygen atoms in total. The van der Waals surface area contributed by atoms with Crippen LogP contribution in [-0.4, -0.2) is 16.0 Å². The zero-order valence-electron chi connectivity index (χ0n) is 10.3. The van der Waals surface area contributed by atoms with E-state index in [2.05, 4.69) is 22.2 Å². The second-order valence-electron chi connectivity index (χ2n) is 4.85. The average molecular weight is 255 g/mol. The second-order valence-corrected chi connectivity index (χ2v) is 5.19. The lowest BCUT2D eigenvalue weighted by atomic mass is 9.86. The molecule has 1 aromatic heterocycles. The third kappa shape index (κ3) is 2.80. The van der Waals surface area contributed by atoms with E-state index in [4.69, 9.17) is 17.3 Å². The highest BCUT2D eigenvalue weighted by molar-refractivity contribution is 6.28. The van der Waals surface area contributed by atoms with Gasteiger partial charge in [-0.05, 0) is 37.3 Å². The summed E-state index contributed by atoms with van der Waals surface area (Å²) in [6.07, 6.45) is 5.01. The second kappa shape index (κ2) is 5.08. The molecule has 2 rings (SSSR count). The smallest absolute Gasteiger partial charge is 0.224 e. The van der Waals surface area contributed by atoms with Crippen LogP contribution in [0.3, 0.4) is 0 Å². The maximum atomic E-state index is 5.97. The molecule has 3 N–H and O–H groups in total. The molecule has 0 bridgehead atoms. The van der Waals surface area contributed by atoms with Crippen molar-refractivity contribution in [3.05, 3.63) is 11.0 Å². The zero-order valence-corrected chi connectivity index (χ0v) is 11.1. The van der Waals surface area contributed by atoms with Gasteiger partial charge < -0.3 is 11.1 Å². The van der Waals surface area contributed by atoms with E-state index >= 15 is 0 Å². The summed E-state index contributed by atoms with van der Waals surface area (Å²) in [5.41, 5.74) is 7.30. The number of halogens is 1. The van der Waals surface area contributed by atoms with Crippen LogP contribution in [0.4, 0.5) is 11.5 Å². The Morgan fingerprint density at radius 1 is 1.29 bits per heavy atom. The van der Waals surface area contributed by atoms with Gasteiger partial charge in [-0.15, -0.1) is 0 Å². The predicted octanol–water partition coefficient (Wildman–Crippen LogP) is 3.01. The number of aromatic nitrogens is 2. The van der Waals surface area contributed by atoms with Gasteiger partial charge in [0, 0.05) is 6.04 Å². The Kier molecular flexibility index (Phi) is 3.72. The van der Waals surface area contributed by atoms with E-state index in [0.717, 1.165) is 5.69 Å². The first-order valence-electron chi connectivity index (χ1n) is 6.14. The van der Waals surface area contributed by atoms with Gasteiger partial charge in [0.25, 0.3) is 0 Å². The first-order chi connectivity index (χ1) is 8.08. The van der Waals surface area contributed by atoms with Crippen LogP contribution in [0.25, 0.3) is 0 Å². The van der Waals surface area contributed by atoms with E-state index in [9.17, 15) is 0 Å². The van der Waals surface area contributed by atoms with E-state index in [1.807, 2.05) is 6.92 Å². The lowest BCUT2D eigenvalue weighted by Gasteiger charge is -2.30. The molecule has 1 aliphatic rings. The fourth-order valence-electron chi connectivity index (χ4n) is 2.36. The fraction of sp³-hybridized carbons (Fsp3) is 0.667. The van der Waals surface area contributed by atoms with Gasteiger partial charge in [-0.3, -0.25) is 0 Å². The number of nitrogen functional groups attached to an aromatic ring is 1. The molecular formula is C12H19ClN4. The Morgan fingerprint density at radius 3 is 2.71 bits per heavy atom. The van der Waals surface area contributed by atoms with Crippen molar-refractivity contribution in [3.63, 3.8) is 0 Å². The number of nitrogens with zero attached hydrogens (tertiary/aromatic N) is 2. The number of aryl methyl sites for hydroxylation is 1. The van der Waals surface area contributed by atoms with Gasteiger partial charge in [-0.1, -0.05) is 19.8 Å². The van der Waals surface area contributed by atoms with Gasteiger partial charge in [0.2, 0.25) is 5.28 Å². The Hall–Kier alpha value is -1.03. The number of anilines is 2. The van der Waals surface area contributed by atoms with Crippen molar-refractivity contribution in [3.8, 4) is 0 Å². The molecule has 1 fully saturated rings. The van der Waals surface area contributed by atoms with Crippen LogP contribution in [0, 0.1) is 12.8 Å². The molecule has 0 aliphatic heterocycles. The molecule has 1 aliphatic carbocycles. The normalized spacial score (nSPS) is 24.6. The van der Waals surface area contributed by atoms with E-state index in [0.29, 0.717) is 23.5 Å². The molecule has 17 heavy (non-hydrogen) atoms. The summed E-state index contributed by atoms with van der Waals surface area (Å²) in [6.45, 7) is 4.11. The van der Waals surface area contributed by atoms with Crippen molar-refractivity contribution in [1.29, 1.82) is 0 Å². The van der Waals surface area contributed by atoms with E-state index in [1.165, 1.54) is 25.7 Å². The van der Waals surface area contributed by atoms with Crippen molar-refractivity contribution < 1.29 is 0 Å². The third-order valence-corrected chi connectivity index (χ3v) is 3.71. The summed E-state index contributed by atoms with van der Waals surface area (Å²) >= 11 is 5.86. The van der Waals surface area contributed by atoms with Crippen LogP contribution < -0.4 is 11.1 Å². The molecule has 5 heteroatoms. The van der Waals surface area contributed by atoms with E-state index < -0.39 is 0 Å². The minimum Gasteiger partial charge on any atom is -0.394 e. The Morgan fingerprint density at radius 2 is 2.00 bits per heavy atom. The van der Waals surface area contributed by atoms with Crippen molar-refractivity contribution in [2.24, 2.45) is 5.92 Å². The quantitative estimate of drug-likeness (QED) is 0.797. The highest BCUT2D eigenvalue weighted by atomic mass is 35.5. The summed E-state index contributed by atoms with van der Waals surface area (Å²) < 4.78 is 0. The molecule has 1 aromatic rings. The molecule has 0 aromatic carbocycles. The van der Waals surface area contributed by atoms with Crippen LogP contribution >= 0.6 is 11.6 Å². The topological polar surface area (TPSA) is 63.8 Å². The molecule has 0 saturated heterocycles. The minimum atomic E-state index is 0.252. The SMILES string of the molecule is Cc1nc(Cl)nc(NC2CCCCC2C)c1N. The van der Waals surface area contributed by atoms with Gasteiger partial charge in [-0.25, -0.2) is 4.98 Å². The fourth-order valence-corrected chi connectivity index (χ4v) is 2.58. The number of nitrogens with one attached hydrogen (secondary N) is 1. The Bertz CT molecular complexity index is 408. The first-order valence-corrected chi connectivity index (χ1v) is 6.52. The van der Waals surface area contributed by atoms with Gasteiger partial charge in [-0.2, -0.15) is 4.98 Å². The highest BCUT2D eigenvalue weighted by Crippen LogP contribution is 2.29. The predicted molar refractivity (Wildman–Crippen MR) is 71.2 cm³/mol. The van der Waals surface area contributed by atoms with Crippen LogP contribution in [-0.2, 0) is 0 Å². The van der Waals surface area contributed by atoms with E-state index in [1.54, 1.807) is 0 Å². The number of hydrogen-bond donors (Lipinski definition) is 2. The van der Waals surface area contributed by atoms with Crippen molar-refractivity contribution in [2.75, 3.05) is 11.1 Å². The molecular weight excluding hydrogens is 236 g/mol. The lowest BCUT2D eigenvalue weighted by Crippen LogP contribution is -2.31. The molecule has 1 saturated carbocycles. The molecule has 94 valence electrons. The first kappa shape index (κ1) is 12.4. The number of rotatable bonds is 2. The largest absolute Gasteiger partial charge is 0.394 e. The molecule has 2 atom stereocenters.